The standard InChI is InChI=1S/C9H12BrN7/c1-4-11-8-12-14-9(15-13-8)17-6(3)7(10)5(2)16-17/h4H2,1-3H3,(H,11,12,13). The topological polar surface area (TPSA) is 81.4 Å². The molecule has 17 heavy (non-hydrogen) atoms. The number of aromatic nitrogens is 6. The van der Waals surface area contributed by atoms with Crippen LogP contribution in [-0.4, -0.2) is 36.7 Å². The monoisotopic (exact) mass is 297 g/mol. The predicted molar refractivity (Wildman–Crippen MR) is 66.1 cm³/mol. The van der Waals surface area contributed by atoms with Crippen molar-refractivity contribution in [1.82, 2.24) is 30.2 Å². The molecule has 2 aromatic rings. The zero-order valence-corrected chi connectivity index (χ0v) is 11.4. The Balaban J connectivity index is 2.36. The summed E-state index contributed by atoms with van der Waals surface area (Å²) in [7, 11) is 0. The minimum Gasteiger partial charge on any atom is -0.352 e. The normalized spacial score (nSPS) is 10.6. The molecule has 2 rings (SSSR count). The third-order valence-corrected chi connectivity index (χ3v) is 3.34. The van der Waals surface area contributed by atoms with Crippen LogP contribution in [0.2, 0.25) is 0 Å². The lowest BCUT2D eigenvalue weighted by Gasteiger charge is -2.02. The molecular weight excluding hydrogens is 286 g/mol. The molecule has 0 bridgehead atoms. The molecule has 0 aromatic carbocycles. The van der Waals surface area contributed by atoms with Gasteiger partial charge in [-0.2, -0.15) is 9.78 Å². The van der Waals surface area contributed by atoms with Crippen LogP contribution in [0.1, 0.15) is 18.3 Å². The van der Waals surface area contributed by atoms with Gasteiger partial charge in [0.25, 0.3) is 11.9 Å². The molecule has 0 unspecified atom stereocenters. The van der Waals surface area contributed by atoms with Gasteiger partial charge in [0.1, 0.15) is 0 Å². The molecule has 0 aliphatic rings. The van der Waals surface area contributed by atoms with E-state index in [0.717, 1.165) is 22.4 Å². The second-order valence-electron chi connectivity index (χ2n) is 3.45. The van der Waals surface area contributed by atoms with Crippen LogP contribution in [0.5, 0.6) is 0 Å². The summed E-state index contributed by atoms with van der Waals surface area (Å²) in [5.41, 5.74) is 1.80. The van der Waals surface area contributed by atoms with E-state index in [0.29, 0.717) is 11.9 Å². The van der Waals surface area contributed by atoms with Gasteiger partial charge in [0.2, 0.25) is 0 Å². The number of hydrogen-bond acceptors (Lipinski definition) is 6. The Labute approximate surface area is 107 Å². The van der Waals surface area contributed by atoms with Crippen molar-refractivity contribution in [2.45, 2.75) is 20.8 Å². The quantitative estimate of drug-likeness (QED) is 0.919. The fraction of sp³-hybridized carbons (Fsp3) is 0.444. The lowest BCUT2D eigenvalue weighted by molar-refractivity contribution is 0.711. The molecule has 1 N–H and O–H groups in total. The second-order valence-corrected chi connectivity index (χ2v) is 4.24. The fourth-order valence-electron chi connectivity index (χ4n) is 1.36. The third-order valence-electron chi connectivity index (χ3n) is 2.20. The van der Waals surface area contributed by atoms with E-state index in [9.17, 15) is 0 Å². The van der Waals surface area contributed by atoms with Crippen LogP contribution in [-0.2, 0) is 0 Å². The third kappa shape index (κ3) is 2.26. The van der Waals surface area contributed by atoms with E-state index < -0.39 is 0 Å². The van der Waals surface area contributed by atoms with E-state index in [1.54, 1.807) is 4.68 Å². The van der Waals surface area contributed by atoms with Crippen LogP contribution in [0, 0.1) is 13.8 Å². The zero-order valence-electron chi connectivity index (χ0n) is 9.77. The molecular formula is C9H12BrN7. The number of halogens is 1. The minimum atomic E-state index is 0.359. The van der Waals surface area contributed by atoms with Crippen molar-refractivity contribution in [1.29, 1.82) is 0 Å². The predicted octanol–water partition coefficient (Wildman–Crippen LogP) is 1.26. The number of nitrogens with zero attached hydrogens (tertiary/aromatic N) is 6. The molecule has 90 valence electrons. The molecule has 8 heteroatoms. The highest BCUT2D eigenvalue weighted by atomic mass is 79.9. The molecule has 7 nitrogen and oxygen atoms in total. The summed E-state index contributed by atoms with van der Waals surface area (Å²) in [6.45, 7) is 6.51. The van der Waals surface area contributed by atoms with E-state index in [1.807, 2.05) is 20.8 Å². The molecule has 0 radical (unpaired) electrons. The van der Waals surface area contributed by atoms with Crippen molar-refractivity contribution >= 4 is 21.9 Å². The molecule has 0 spiro atoms. The summed E-state index contributed by atoms with van der Waals surface area (Å²) in [4.78, 5) is 0. The van der Waals surface area contributed by atoms with Gasteiger partial charge in [-0.15, -0.1) is 20.4 Å². The van der Waals surface area contributed by atoms with Gasteiger partial charge in [-0.05, 0) is 36.7 Å². The van der Waals surface area contributed by atoms with E-state index >= 15 is 0 Å². The molecule has 0 saturated carbocycles. The molecule has 0 aliphatic heterocycles. The smallest absolute Gasteiger partial charge is 0.289 e. The number of aryl methyl sites for hydroxylation is 1. The Kier molecular flexibility index (Phi) is 3.32. The van der Waals surface area contributed by atoms with Gasteiger partial charge in [-0.25, -0.2) is 0 Å². The van der Waals surface area contributed by atoms with Crippen LogP contribution >= 0.6 is 15.9 Å². The van der Waals surface area contributed by atoms with Gasteiger partial charge in [0.15, 0.2) is 0 Å². The highest BCUT2D eigenvalue weighted by molar-refractivity contribution is 9.10. The van der Waals surface area contributed by atoms with Crippen LogP contribution < -0.4 is 5.32 Å². The Morgan fingerprint density at radius 3 is 2.29 bits per heavy atom. The second kappa shape index (κ2) is 4.74. The van der Waals surface area contributed by atoms with Gasteiger partial charge in [-0.3, -0.25) is 0 Å². The van der Waals surface area contributed by atoms with Gasteiger partial charge in [-0.1, -0.05) is 0 Å². The maximum absolute atomic E-state index is 4.30. The van der Waals surface area contributed by atoms with E-state index in [-0.39, 0.29) is 0 Å². The lowest BCUT2D eigenvalue weighted by Crippen LogP contribution is -2.11. The Morgan fingerprint density at radius 2 is 1.82 bits per heavy atom. The zero-order chi connectivity index (χ0) is 12.4. The summed E-state index contributed by atoms with van der Waals surface area (Å²) in [5.74, 6) is 0.773. The van der Waals surface area contributed by atoms with Crippen molar-refractivity contribution in [3.8, 4) is 5.95 Å². The average molecular weight is 298 g/mol. The lowest BCUT2D eigenvalue weighted by atomic mass is 10.4. The first-order valence-electron chi connectivity index (χ1n) is 5.16. The minimum absolute atomic E-state index is 0.359. The van der Waals surface area contributed by atoms with Gasteiger partial charge >= 0.3 is 0 Å². The SMILES string of the molecule is CCNc1nnc(-n2nc(C)c(Br)c2C)nn1. The van der Waals surface area contributed by atoms with Gasteiger partial charge < -0.3 is 5.32 Å². The summed E-state index contributed by atoms with van der Waals surface area (Å²) >= 11 is 3.44. The molecule has 2 aromatic heterocycles. The van der Waals surface area contributed by atoms with Gasteiger partial charge in [0, 0.05) is 6.54 Å². The summed E-state index contributed by atoms with van der Waals surface area (Å²) in [5, 5.41) is 23.0. The number of hydrogen-bond donors (Lipinski definition) is 1. The van der Waals surface area contributed by atoms with Crippen molar-refractivity contribution in [3.05, 3.63) is 15.9 Å². The summed E-state index contributed by atoms with van der Waals surface area (Å²) in [6.07, 6.45) is 0. The first-order valence-corrected chi connectivity index (χ1v) is 5.96. The van der Waals surface area contributed by atoms with E-state index in [2.05, 4.69) is 46.7 Å². The highest BCUT2D eigenvalue weighted by Gasteiger charge is 2.13. The molecule has 0 atom stereocenters. The van der Waals surface area contributed by atoms with Crippen molar-refractivity contribution in [2.24, 2.45) is 0 Å². The van der Waals surface area contributed by atoms with Crippen LogP contribution in [0.15, 0.2) is 4.47 Å². The fourth-order valence-corrected chi connectivity index (χ4v) is 1.60. The summed E-state index contributed by atoms with van der Waals surface area (Å²) in [6, 6.07) is 0. The molecule has 0 aliphatic carbocycles. The first-order chi connectivity index (χ1) is 8.13. The van der Waals surface area contributed by atoms with Crippen LogP contribution in [0.4, 0.5) is 5.95 Å². The molecule has 2 heterocycles. The van der Waals surface area contributed by atoms with E-state index in [1.165, 1.54) is 0 Å². The largest absolute Gasteiger partial charge is 0.352 e. The first kappa shape index (κ1) is 11.9. The Morgan fingerprint density at radius 1 is 1.18 bits per heavy atom. The van der Waals surface area contributed by atoms with Gasteiger partial charge in [0.05, 0.1) is 15.9 Å². The Bertz CT molecular complexity index is 519. The van der Waals surface area contributed by atoms with E-state index in [4.69, 9.17) is 0 Å². The highest BCUT2D eigenvalue weighted by Crippen LogP contribution is 2.21. The Hall–Kier alpha value is -1.57. The molecule has 0 saturated heterocycles. The van der Waals surface area contributed by atoms with Crippen molar-refractivity contribution in [2.75, 3.05) is 11.9 Å². The maximum Gasteiger partial charge on any atom is 0.289 e. The van der Waals surface area contributed by atoms with Crippen molar-refractivity contribution < 1.29 is 0 Å². The number of anilines is 1. The number of nitrogens with one attached hydrogen (secondary N) is 1. The van der Waals surface area contributed by atoms with Crippen LogP contribution in [0.25, 0.3) is 5.95 Å². The number of rotatable bonds is 3. The summed E-state index contributed by atoms with van der Waals surface area (Å²) < 4.78 is 2.55. The van der Waals surface area contributed by atoms with Crippen LogP contribution in [0.3, 0.4) is 0 Å². The van der Waals surface area contributed by atoms with Crippen molar-refractivity contribution in [3.63, 3.8) is 0 Å². The maximum atomic E-state index is 4.30. The molecule has 0 fully saturated rings. The molecule has 0 amide bonds. The average Bonchev–Trinajstić information content (AvgIpc) is 2.59.